The third kappa shape index (κ3) is 2.99. The zero-order chi connectivity index (χ0) is 18.6. The largest absolute Gasteiger partial charge is 0.394 e. The van der Waals surface area contributed by atoms with E-state index in [1.807, 2.05) is 0 Å². The number of rotatable bonds is 3. The molecule has 0 aromatic carbocycles. The molecule has 10 atom stereocenters. The fourth-order valence-electron chi connectivity index (χ4n) is 3.66. The molecule has 3 heterocycles. The molecule has 146 valence electrons. The van der Waals surface area contributed by atoms with E-state index in [9.17, 15) is 35.7 Å². The van der Waals surface area contributed by atoms with Crippen LogP contribution < -0.4 is 0 Å². The third-order valence-corrected chi connectivity index (χ3v) is 5.04. The highest BCUT2D eigenvalue weighted by Crippen LogP contribution is 2.42. The van der Waals surface area contributed by atoms with E-state index in [-0.39, 0.29) is 6.61 Å². The summed E-state index contributed by atoms with van der Waals surface area (Å²) in [6.45, 7) is -0.462. The summed E-state index contributed by atoms with van der Waals surface area (Å²) in [7, 11) is 0. The zero-order valence-corrected chi connectivity index (χ0v) is 13.5. The summed E-state index contributed by atoms with van der Waals surface area (Å²) in [6, 6.07) is 0. The lowest BCUT2D eigenvalue weighted by Crippen LogP contribution is -2.71. The Morgan fingerprint density at radius 1 is 1.00 bits per heavy atom. The van der Waals surface area contributed by atoms with Crippen LogP contribution in [0.25, 0.3) is 0 Å². The molecule has 3 aliphatic rings. The van der Waals surface area contributed by atoms with Gasteiger partial charge in [0.15, 0.2) is 0 Å². The van der Waals surface area contributed by atoms with Gasteiger partial charge < -0.3 is 54.7 Å². The molecule has 0 radical (unpaired) electrons. The number of hydrogen-bond donors (Lipinski definition) is 7. The minimum atomic E-state index is -1.97. The molecule has 0 aromatic rings. The molecule has 0 saturated carbocycles. The fourth-order valence-corrected chi connectivity index (χ4v) is 3.66. The van der Waals surface area contributed by atoms with Gasteiger partial charge in [-0.2, -0.15) is 0 Å². The SMILES string of the molecule is CC1(O)OCC2O[C@H](C3(CO)O[C@H](CO)C(O)[C@@H]3O)[C@H](O)C(O)C2O1. The topological polar surface area (TPSA) is 179 Å². The van der Waals surface area contributed by atoms with Crippen LogP contribution in [0.5, 0.6) is 0 Å². The molecule has 11 nitrogen and oxygen atoms in total. The fraction of sp³-hybridized carbons (Fsp3) is 1.00. The Kier molecular flexibility index (Phi) is 5.12. The van der Waals surface area contributed by atoms with Gasteiger partial charge in [0.2, 0.25) is 0 Å². The van der Waals surface area contributed by atoms with Crippen molar-refractivity contribution in [3.05, 3.63) is 0 Å². The van der Waals surface area contributed by atoms with Gasteiger partial charge in [-0.15, -0.1) is 0 Å². The number of aliphatic hydroxyl groups is 7. The van der Waals surface area contributed by atoms with E-state index < -0.39 is 73.6 Å². The first-order valence-corrected chi connectivity index (χ1v) is 7.98. The van der Waals surface area contributed by atoms with Crippen molar-refractivity contribution in [2.75, 3.05) is 19.8 Å². The minimum absolute atomic E-state index is 0.193. The number of aliphatic hydroxyl groups excluding tert-OH is 6. The monoisotopic (exact) mass is 368 g/mol. The lowest BCUT2D eigenvalue weighted by atomic mass is 9.81. The summed E-state index contributed by atoms with van der Waals surface area (Å²) in [5.41, 5.74) is -1.97. The van der Waals surface area contributed by atoms with Gasteiger partial charge in [-0.25, -0.2) is 0 Å². The molecule has 0 bridgehead atoms. The summed E-state index contributed by atoms with van der Waals surface area (Å²) >= 11 is 0. The van der Waals surface area contributed by atoms with E-state index in [4.69, 9.17) is 18.9 Å². The summed E-state index contributed by atoms with van der Waals surface area (Å²) in [6.07, 6.45) is -11.2. The number of hydrogen-bond acceptors (Lipinski definition) is 11. The van der Waals surface area contributed by atoms with Crippen molar-refractivity contribution >= 4 is 0 Å². The molecule has 6 unspecified atom stereocenters. The minimum Gasteiger partial charge on any atom is -0.394 e. The Balaban J connectivity index is 1.87. The van der Waals surface area contributed by atoms with Gasteiger partial charge in [0, 0.05) is 6.92 Å². The Bertz CT molecular complexity index is 485. The summed E-state index contributed by atoms with van der Waals surface area (Å²) in [5.74, 6) is -1.96. The molecule has 0 aromatic heterocycles. The first-order chi connectivity index (χ1) is 11.7. The van der Waals surface area contributed by atoms with Crippen LogP contribution >= 0.6 is 0 Å². The molecule has 3 fully saturated rings. The lowest BCUT2D eigenvalue weighted by Gasteiger charge is -2.51. The molecule has 0 amide bonds. The highest BCUT2D eigenvalue weighted by molar-refractivity contribution is 5.12. The highest BCUT2D eigenvalue weighted by Gasteiger charge is 2.64. The summed E-state index contributed by atoms with van der Waals surface area (Å²) in [4.78, 5) is 0. The Labute approximate surface area is 142 Å². The maximum Gasteiger partial charge on any atom is 0.277 e. The quantitative estimate of drug-likeness (QED) is 0.255. The van der Waals surface area contributed by atoms with Crippen molar-refractivity contribution in [1.29, 1.82) is 0 Å². The van der Waals surface area contributed by atoms with Crippen LogP contribution in [0.2, 0.25) is 0 Å². The predicted octanol–water partition coefficient (Wildman–Crippen LogP) is -4.60. The maximum atomic E-state index is 10.4. The van der Waals surface area contributed by atoms with Crippen LogP contribution in [-0.2, 0) is 18.9 Å². The van der Waals surface area contributed by atoms with Crippen LogP contribution in [0.4, 0.5) is 0 Å². The van der Waals surface area contributed by atoms with Crippen molar-refractivity contribution in [2.45, 2.75) is 67.3 Å². The van der Waals surface area contributed by atoms with Crippen molar-refractivity contribution in [2.24, 2.45) is 0 Å². The van der Waals surface area contributed by atoms with Crippen molar-refractivity contribution in [3.63, 3.8) is 0 Å². The highest BCUT2D eigenvalue weighted by atomic mass is 16.8. The molecule has 3 aliphatic heterocycles. The molecule has 0 spiro atoms. The Hall–Kier alpha value is -0.440. The van der Waals surface area contributed by atoms with Gasteiger partial charge in [0.05, 0.1) is 19.8 Å². The number of fused-ring (bicyclic) bond motifs is 1. The predicted molar refractivity (Wildman–Crippen MR) is 75.9 cm³/mol. The first kappa shape index (κ1) is 19.3. The zero-order valence-electron chi connectivity index (χ0n) is 13.5. The smallest absolute Gasteiger partial charge is 0.277 e. The van der Waals surface area contributed by atoms with Gasteiger partial charge in [0.25, 0.3) is 5.97 Å². The van der Waals surface area contributed by atoms with Crippen LogP contribution in [0.3, 0.4) is 0 Å². The molecule has 3 saturated heterocycles. The van der Waals surface area contributed by atoms with E-state index in [0.29, 0.717) is 0 Å². The first-order valence-electron chi connectivity index (χ1n) is 7.98. The second-order valence-corrected chi connectivity index (χ2v) is 6.75. The maximum absolute atomic E-state index is 10.4. The lowest BCUT2D eigenvalue weighted by molar-refractivity contribution is -0.437. The van der Waals surface area contributed by atoms with Crippen molar-refractivity contribution in [1.82, 2.24) is 0 Å². The molecule has 3 rings (SSSR count). The van der Waals surface area contributed by atoms with E-state index in [2.05, 4.69) is 0 Å². The molecular weight excluding hydrogens is 344 g/mol. The summed E-state index contributed by atoms with van der Waals surface area (Å²) < 4.78 is 21.3. The van der Waals surface area contributed by atoms with Crippen LogP contribution in [0.1, 0.15) is 6.92 Å². The van der Waals surface area contributed by atoms with Gasteiger partial charge in [-0.1, -0.05) is 0 Å². The number of ether oxygens (including phenoxy) is 4. The molecule has 11 heteroatoms. The van der Waals surface area contributed by atoms with E-state index in [0.717, 1.165) is 0 Å². The summed E-state index contributed by atoms with van der Waals surface area (Å²) in [5, 5.41) is 69.9. The van der Waals surface area contributed by atoms with Crippen LogP contribution in [0, 0.1) is 0 Å². The molecule has 7 N–H and O–H groups in total. The molecular formula is C14H24O11. The van der Waals surface area contributed by atoms with Crippen molar-refractivity contribution < 1.29 is 54.7 Å². The second kappa shape index (κ2) is 6.62. The van der Waals surface area contributed by atoms with E-state index >= 15 is 0 Å². The van der Waals surface area contributed by atoms with E-state index in [1.165, 1.54) is 6.92 Å². The van der Waals surface area contributed by atoms with Crippen molar-refractivity contribution in [3.8, 4) is 0 Å². The van der Waals surface area contributed by atoms with Gasteiger partial charge >= 0.3 is 0 Å². The van der Waals surface area contributed by atoms with E-state index in [1.54, 1.807) is 0 Å². The Morgan fingerprint density at radius 3 is 2.24 bits per heavy atom. The van der Waals surface area contributed by atoms with Crippen LogP contribution in [-0.4, -0.2) is 116 Å². The molecule has 25 heavy (non-hydrogen) atoms. The molecule has 0 aliphatic carbocycles. The standard InChI is InChI=1S/C14H24O11/c1-13(21)22-3-6-10(25-13)8(18)9(19)12(23-6)14(4-16)11(20)7(17)5(2-15)24-14/h5-12,15-21H,2-4H2,1H3/t5-,6?,7?,8?,9-,10?,11+,12+,13?,14?/m1/s1. The average molecular weight is 368 g/mol. The van der Waals surface area contributed by atoms with Gasteiger partial charge in [-0.3, -0.25) is 0 Å². The normalized spacial score (nSPS) is 56.6. The van der Waals surface area contributed by atoms with Gasteiger partial charge in [0.1, 0.15) is 54.4 Å². The Morgan fingerprint density at radius 2 is 1.68 bits per heavy atom. The second-order valence-electron chi connectivity index (χ2n) is 6.75. The third-order valence-electron chi connectivity index (χ3n) is 5.04. The average Bonchev–Trinajstić information content (AvgIpc) is 2.83. The van der Waals surface area contributed by atoms with Gasteiger partial charge in [-0.05, 0) is 0 Å². The van der Waals surface area contributed by atoms with Crippen LogP contribution in [0.15, 0.2) is 0 Å².